The second-order valence-corrected chi connectivity index (χ2v) is 5.87. The maximum Gasteiger partial charge on any atom is 0.323 e. The van der Waals surface area contributed by atoms with Gasteiger partial charge in [-0.25, -0.2) is 15.0 Å². The molecule has 2 heterocycles. The first-order valence-electron chi connectivity index (χ1n) is 6.49. The molecule has 3 rings (SSSR count). The molecule has 8 nitrogen and oxygen atoms in total. The second-order valence-electron chi connectivity index (χ2n) is 4.63. The van der Waals surface area contributed by atoms with Crippen LogP contribution in [-0.4, -0.2) is 36.5 Å². The first-order chi connectivity index (χ1) is 11.0. The van der Waals surface area contributed by atoms with Gasteiger partial charge in [0.25, 0.3) is 5.91 Å². The molecular formula is C14H10IN5O3. The van der Waals surface area contributed by atoms with Crippen molar-refractivity contribution in [3.05, 3.63) is 46.1 Å². The van der Waals surface area contributed by atoms with E-state index < -0.39 is 5.97 Å². The Morgan fingerprint density at radius 1 is 1.26 bits per heavy atom. The van der Waals surface area contributed by atoms with Crippen molar-refractivity contribution in [1.82, 2.24) is 19.5 Å². The van der Waals surface area contributed by atoms with Gasteiger partial charge in [0.2, 0.25) is 0 Å². The third kappa shape index (κ3) is 3.28. The van der Waals surface area contributed by atoms with Gasteiger partial charge in [-0.15, -0.1) is 0 Å². The summed E-state index contributed by atoms with van der Waals surface area (Å²) < 4.78 is 2.31. The topological polar surface area (TPSA) is 110 Å². The van der Waals surface area contributed by atoms with Gasteiger partial charge in [0.05, 0.1) is 6.33 Å². The van der Waals surface area contributed by atoms with Gasteiger partial charge in [-0.05, 0) is 40.8 Å². The second kappa shape index (κ2) is 6.28. The fourth-order valence-corrected chi connectivity index (χ4v) is 2.59. The van der Waals surface area contributed by atoms with E-state index >= 15 is 0 Å². The normalized spacial score (nSPS) is 10.7. The Morgan fingerprint density at radius 2 is 2.09 bits per heavy atom. The minimum atomic E-state index is -1.01. The number of carboxylic acids is 1. The van der Waals surface area contributed by atoms with Crippen molar-refractivity contribution in [3.8, 4) is 0 Å². The van der Waals surface area contributed by atoms with Crippen LogP contribution in [0.1, 0.15) is 10.4 Å². The minimum absolute atomic E-state index is 0.239. The molecule has 1 aromatic carbocycles. The molecule has 0 saturated heterocycles. The van der Waals surface area contributed by atoms with Crippen molar-refractivity contribution < 1.29 is 14.7 Å². The van der Waals surface area contributed by atoms with Gasteiger partial charge in [0.15, 0.2) is 17.0 Å². The molecule has 0 spiro atoms. The van der Waals surface area contributed by atoms with E-state index in [-0.39, 0.29) is 18.3 Å². The number of hydrogen-bond acceptors (Lipinski definition) is 5. The number of halogens is 1. The molecule has 0 fully saturated rings. The van der Waals surface area contributed by atoms with Crippen LogP contribution in [0.4, 0.5) is 5.82 Å². The van der Waals surface area contributed by atoms with Crippen LogP contribution in [-0.2, 0) is 11.3 Å². The highest BCUT2D eigenvalue weighted by Crippen LogP contribution is 2.18. The zero-order chi connectivity index (χ0) is 16.4. The Kier molecular flexibility index (Phi) is 4.19. The molecule has 0 aliphatic rings. The summed E-state index contributed by atoms with van der Waals surface area (Å²) in [6.07, 6.45) is 2.61. The van der Waals surface area contributed by atoms with Crippen LogP contribution in [0.5, 0.6) is 0 Å². The summed E-state index contributed by atoms with van der Waals surface area (Å²) in [6.45, 7) is -0.266. The predicted molar refractivity (Wildman–Crippen MR) is 90.1 cm³/mol. The van der Waals surface area contributed by atoms with E-state index in [1.54, 1.807) is 18.2 Å². The van der Waals surface area contributed by atoms with E-state index in [2.05, 4.69) is 42.9 Å². The third-order valence-corrected chi connectivity index (χ3v) is 3.70. The van der Waals surface area contributed by atoms with Gasteiger partial charge in [-0.1, -0.05) is 6.07 Å². The van der Waals surface area contributed by atoms with E-state index in [4.69, 9.17) is 5.11 Å². The van der Waals surface area contributed by atoms with Crippen LogP contribution in [0.25, 0.3) is 11.2 Å². The van der Waals surface area contributed by atoms with Gasteiger partial charge in [-0.3, -0.25) is 9.59 Å². The van der Waals surface area contributed by atoms with Crippen molar-refractivity contribution in [3.63, 3.8) is 0 Å². The number of carbonyl (C=O) groups excluding carboxylic acids is 1. The SMILES string of the molecule is O=C(O)Cn1cnc2c(NC(=O)c3cccc(I)c3)ncnc21. The van der Waals surface area contributed by atoms with Crippen molar-refractivity contribution in [2.24, 2.45) is 0 Å². The molecule has 0 bridgehead atoms. The van der Waals surface area contributed by atoms with Crippen molar-refractivity contribution in [2.45, 2.75) is 6.54 Å². The first-order valence-corrected chi connectivity index (χ1v) is 7.57. The predicted octanol–water partition coefficient (Wildman–Crippen LogP) is 1.77. The monoisotopic (exact) mass is 423 g/mol. The van der Waals surface area contributed by atoms with Crippen LogP contribution in [0.2, 0.25) is 0 Å². The summed E-state index contributed by atoms with van der Waals surface area (Å²) in [6, 6.07) is 7.11. The van der Waals surface area contributed by atoms with Crippen molar-refractivity contribution >= 4 is 51.4 Å². The Morgan fingerprint density at radius 3 is 2.83 bits per heavy atom. The number of rotatable bonds is 4. The molecule has 0 aliphatic carbocycles. The molecule has 0 saturated carbocycles. The number of amides is 1. The molecule has 0 aliphatic heterocycles. The molecular weight excluding hydrogens is 413 g/mol. The lowest BCUT2D eigenvalue weighted by Gasteiger charge is -2.05. The summed E-state index contributed by atoms with van der Waals surface area (Å²) >= 11 is 2.12. The summed E-state index contributed by atoms with van der Waals surface area (Å²) in [4.78, 5) is 35.3. The quantitative estimate of drug-likeness (QED) is 0.620. The van der Waals surface area contributed by atoms with Crippen LogP contribution in [0.15, 0.2) is 36.9 Å². The third-order valence-electron chi connectivity index (χ3n) is 3.03. The highest BCUT2D eigenvalue weighted by Gasteiger charge is 2.14. The van der Waals surface area contributed by atoms with E-state index in [0.717, 1.165) is 3.57 Å². The molecule has 9 heteroatoms. The zero-order valence-corrected chi connectivity index (χ0v) is 13.8. The first kappa shape index (κ1) is 15.3. The Bertz CT molecular complexity index is 908. The number of nitrogens with one attached hydrogen (secondary N) is 1. The average molecular weight is 423 g/mol. The maximum absolute atomic E-state index is 12.3. The Hall–Kier alpha value is -2.56. The zero-order valence-electron chi connectivity index (χ0n) is 11.6. The number of anilines is 1. The molecule has 0 unspecified atom stereocenters. The fourth-order valence-electron chi connectivity index (χ4n) is 2.04. The average Bonchev–Trinajstić information content (AvgIpc) is 2.91. The molecule has 2 N–H and O–H groups in total. The maximum atomic E-state index is 12.3. The highest BCUT2D eigenvalue weighted by molar-refractivity contribution is 14.1. The molecule has 1 amide bonds. The van der Waals surface area contributed by atoms with Crippen molar-refractivity contribution in [2.75, 3.05) is 5.32 Å². The number of imidazole rings is 1. The minimum Gasteiger partial charge on any atom is -0.480 e. The van der Waals surface area contributed by atoms with E-state index in [0.29, 0.717) is 16.7 Å². The molecule has 23 heavy (non-hydrogen) atoms. The van der Waals surface area contributed by atoms with Gasteiger partial charge < -0.3 is 15.0 Å². The summed E-state index contributed by atoms with van der Waals surface area (Å²) in [5, 5.41) is 11.6. The van der Waals surface area contributed by atoms with Gasteiger partial charge >= 0.3 is 5.97 Å². The van der Waals surface area contributed by atoms with Gasteiger partial charge in [-0.2, -0.15) is 0 Å². The largest absolute Gasteiger partial charge is 0.480 e. The van der Waals surface area contributed by atoms with Crippen molar-refractivity contribution in [1.29, 1.82) is 0 Å². The smallest absolute Gasteiger partial charge is 0.323 e. The fraction of sp³-hybridized carbons (Fsp3) is 0.0714. The lowest BCUT2D eigenvalue weighted by molar-refractivity contribution is -0.137. The number of aromatic nitrogens is 4. The van der Waals surface area contributed by atoms with Crippen LogP contribution < -0.4 is 5.32 Å². The standard InChI is InChI=1S/C14H10IN5O3/c15-9-3-1-2-8(4-9)14(23)19-12-11-13(17-6-16-12)20(7-18-11)5-10(21)22/h1-4,6-7H,5H2,(H,21,22)(H,16,17,19,23). The number of benzene rings is 1. The summed E-state index contributed by atoms with van der Waals surface area (Å²) in [5.74, 6) is -1.09. The number of carboxylic acid groups (broad SMARTS) is 1. The van der Waals surface area contributed by atoms with Gasteiger partial charge in [0, 0.05) is 9.13 Å². The van der Waals surface area contributed by atoms with Crippen LogP contribution in [0.3, 0.4) is 0 Å². The lowest BCUT2D eigenvalue weighted by Crippen LogP contribution is -2.14. The lowest BCUT2D eigenvalue weighted by atomic mass is 10.2. The van der Waals surface area contributed by atoms with E-state index in [9.17, 15) is 9.59 Å². The Balaban J connectivity index is 1.93. The number of carbonyl (C=O) groups is 2. The highest BCUT2D eigenvalue weighted by atomic mass is 127. The van der Waals surface area contributed by atoms with E-state index in [1.807, 2.05) is 6.07 Å². The number of fused-ring (bicyclic) bond motifs is 1. The van der Waals surface area contributed by atoms with Crippen LogP contribution in [0, 0.1) is 3.57 Å². The number of hydrogen-bond donors (Lipinski definition) is 2. The van der Waals surface area contributed by atoms with Crippen LogP contribution >= 0.6 is 22.6 Å². The Labute approximate surface area is 143 Å². The van der Waals surface area contributed by atoms with E-state index in [1.165, 1.54) is 17.2 Å². The molecule has 0 atom stereocenters. The molecule has 3 aromatic rings. The summed E-state index contributed by atoms with van der Waals surface area (Å²) in [5.41, 5.74) is 1.18. The van der Waals surface area contributed by atoms with Gasteiger partial charge in [0.1, 0.15) is 12.9 Å². The number of aliphatic carboxylic acids is 1. The molecule has 0 radical (unpaired) electrons. The molecule has 2 aromatic heterocycles. The molecule has 116 valence electrons. The number of nitrogens with zero attached hydrogens (tertiary/aromatic N) is 4. The summed E-state index contributed by atoms with van der Waals surface area (Å²) in [7, 11) is 0.